The van der Waals surface area contributed by atoms with E-state index in [2.05, 4.69) is 4.74 Å². The fraction of sp³-hybridized carbons (Fsp3) is 0.188. The van der Waals surface area contributed by atoms with Gasteiger partial charge in [-0.25, -0.2) is 4.39 Å². The van der Waals surface area contributed by atoms with Crippen LogP contribution in [0.5, 0.6) is 5.75 Å². The van der Waals surface area contributed by atoms with Crippen molar-refractivity contribution in [3.63, 3.8) is 0 Å². The molecule has 0 aromatic heterocycles. The SMILES string of the molecule is CN(Cc1ccccc1F)C(=O)c1cccc(OC(F)F)c1. The minimum atomic E-state index is -2.96. The number of benzene rings is 2. The van der Waals surface area contributed by atoms with Crippen molar-refractivity contribution in [2.45, 2.75) is 13.2 Å². The van der Waals surface area contributed by atoms with Crippen LogP contribution in [0.2, 0.25) is 0 Å². The van der Waals surface area contributed by atoms with Gasteiger partial charge in [-0.1, -0.05) is 24.3 Å². The Balaban J connectivity index is 2.12. The van der Waals surface area contributed by atoms with E-state index >= 15 is 0 Å². The van der Waals surface area contributed by atoms with E-state index < -0.39 is 18.3 Å². The lowest BCUT2D eigenvalue weighted by Gasteiger charge is -2.18. The van der Waals surface area contributed by atoms with Crippen molar-refractivity contribution in [2.75, 3.05) is 7.05 Å². The number of amides is 1. The van der Waals surface area contributed by atoms with Gasteiger partial charge in [-0.3, -0.25) is 4.79 Å². The summed E-state index contributed by atoms with van der Waals surface area (Å²) in [6.07, 6.45) is 0. The molecule has 116 valence electrons. The molecule has 0 atom stereocenters. The van der Waals surface area contributed by atoms with E-state index in [-0.39, 0.29) is 17.9 Å². The zero-order valence-electron chi connectivity index (χ0n) is 11.8. The van der Waals surface area contributed by atoms with Gasteiger partial charge in [0, 0.05) is 24.7 Å². The van der Waals surface area contributed by atoms with E-state index in [4.69, 9.17) is 0 Å². The molecular formula is C16H14F3NO2. The zero-order valence-corrected chi connectivity index (χ0v) is 11.8. The summed E-state index contributed by atoms with van der Waals surface area (Å²) in [7, 11) is 1.51. The number of alkyl halides is 2. The van der Waals surface area contributed by atoms with Gasteiger partial charge < -0.3 is 9.64 Å². The highest BCUT2D eigenvalue weighted by molar-refractivity contribution is 5.94. The summed E-state index contributed by atoms with van der Waals surface area (Å²) in [5, 5.41) is 0. The Kier molecular flexibility index (Phi) is 5.04. The maximum atomic E-state index is 13.6. The number of rotatable bonds is 5. The van der Waals surface area contributed by atoms with Crippen LogP contribution in [0.3, 0.4) is 0 Å². The smallest absolute Gasteiger partial charge is 0.387 e. The van der Waals surface area contributed by atoms with Gasteiger partial charge in [0.2, 0.25) is 0 Å². The molecule has 0 fully saturated rings. The van der Waals surface area contributed by atoms with Crippen molar-refractivity contribution in [1.82, 2.24) is 4.90 Å². The molecule has 2 rings (SSSR count). The highest BCUT2D eigenvalue weighted by Crippen LogP contribution is 2.18. The molecule has 3 nitrogen and oxygen atoms in total. The predicted molar refractivity (Wildman–Crippen MR) is 75.3 cm³/mol. The van der Waals surface area contributed by atoms with Crippen LogP contribution in [0.4, 0.5) is 13.2 Å². The Bertz CT molecular complexity index is 661. The second kappa shape index (κ2) is 6.98. The van der Waals surface area contributed by atoms with Crippen molar-refractivity contribution >= 4 is 5.91 Å². The Morgan fingerprint density at radius 1 is 1.18 bits per heavy atom. The summed E-state index contributed by atoms with van der Waals surface area (Å²) >= 11 is 0. The molecule has 0 heterocycles. The van der Waals surface area contributed by atoms with Crippen molar-refractivity contribution in [2.24, 2.45) is 0 Å². The monoisotopic (exact) mass is 309 g/mol. The van der Waals surface area contributed by atoms with E-state index in [1.807, 2.05) is 0 Å². The fourth-order valence-corrected chi connectivity index (χ4v) is 1.98. The molecule has 2 aromatic rings. The van der Waals surface area contributed by atoms with Crippen LogP contribution in [-0.4, -0.2) is 24.5 Å². The second-order valence-corrected chi connectivity index (χ2v) is 4.66. The first-order valence-electron chi connectivity index (χ1n) is 6.51. The predicted octanol–water partition coefficient (Wildman–Crippen LogP) is 3.70. The second-order valence-electron chi connectivity index (χ2n) is 4.66. The van der Waals surface area contributed by atoms with Gasteiger partial charge in [-0.15, -0.1) is 0 Å². The van der Waals surface area contributed by atoms with E-state index in [1.165, 1.54) is 42.3 Å². The number of nitrogens with zero attached hydrogens (tertiary/aromatic N) is 1. The van der Waals surface area contributed by atoms with E-state index in [1.54, 1.807) is 18.2 Å². The highest BCUT2D eigenvalue weighted by Gasteiger charge is 2.15. The summed E-state index contributed by atoms with van der Waals surface area (Å²) < 4.78 is 42.2. The van der Waals surface area contributed by atoms with Crippen LogP contribution in [0.25, 0.3) is 0 Å². The standard InChI is InChI=1S/C16H14F3NO2/c1-20(10-12-5-2-3-8-14(12)17)15(21)11-6-4-7-13(9-11)22-16(18)19/h2-9,16H,10H2,1H3. The Labute approximate surface area is 125 Å². The van der Waals surface area contributed by atoms with Gasteiger partial charge in [-0.05, 0) is 24.3 Å². The fourth-order valence-electron chi connectivity index (χ4n) is 1.98. The lowest BCUT2D eigenvalue weighted by Crippen LogP contribution is -2.26. The zero-order chi connectivity index (χ0) is 16.1. The van der Waals surface area contributed by atoms with Crippen LogP contribution >= 0.6 is 0 Å². The molecule has 22 heavy (non-hydrogen) atoms. The molecule has 0 saturated heterocycles. The maximum Gasteiger partial charge on any atom is 0.387 e. The van der Waals surface area contributed by atoms with Crippen LogP contribution < -0.4 is 4.74 Å². The van der Waals surface area contributed by atoms with Gasteiger partial charge in [0.15, 0.2) is 0 Å². The first-order chi connectivity index (χ1) is 10.5. The summed E-state index contributed by atoms with van der Waals surface area (Å²) in [6, 6.07) is 11.6. The summed E-state index contributed by atoms with van der Waals surface area (Å²) in [5.41, 5.74) is 0.565. The van der Waals surface area contributed by atoms with Crippen molar-refractivity contribution in [1.29, 1.82) is 0 Å². The molecule has 0 aliphatic rings. The molecule has 0 aliphatic carbocycles. The topological polar surface area (TPSA) is 29.5 Å². The highest BCUT2D eigenvalue weighted by atomic mass is 19.3. The summed E-state index contributed by atoms with van der Waals surface area (Å²) in [6.45, 7) is -2.88. The number of ether oxygens (including phenoxy) is 1. The van der Waals surface area contributed by atoms with Gasteiger partial charge in [0.1, 0.15) is 11.6 Å². The number of hydrogen-bond acceptors (Lipinski definition) is 2. The number of carbonyl (C=O) groups excluding carboxylic acids is 1. The van der Waals surface area contributed by atoms with Crippen LogP contribution in [0.15, 0.2) is 48.5 Å². The molecule has 0 radical (unpaired) electrons. The lowest BCUT2D eigenvalue weighted by molar-refractivity contribution is -0.0499. The Hall–Kier alpha value is -2.50. The Morgan fingerprint density at radius 2 is 1.91 bits per heavy atom. The molecule has 0 N–H and O–H groups in total. The third kappa shape index (κ3) is 4.00. The number of halogens is 3. The van der Waals surface area contributed by atoms with Gasteiger partial charge in [-0.2, -0.15) is 8.78 Å². The number of carbonyl (C=O) groups is 1. The van der Waals surface area contributed by atoms with E-state index in [0.717, 1.165) is 0 Å². The van der Waals surface area contributed by atoms with Gasteiger partial charge in [0.05, 0.1) is 0 Å². The normalized spacial score (nSPS) is 10.6. The third-order valence-electron chi connectivity index (χ3n) is 3.02. The Morgan fingerprint density at radius 3 is 2.59 bits per heavy atom. The van der Waals surface area contributed by atoms with Crippen LogP contribution in [0.1, 0.15) is 15.9 Å². The molecule has 0 spiro atoms. The van der Waals surface area contributed by atoms with Crippen LogP contribution in [0, 0.1) is 5.82 Å². The molecule has 1 amide bonds. The molecule has 0 unspecified atom stereocenters. The van der Waals surface area contributed by atoms with Crippen LogP contribution in [-0.2, 0) is 6.54 Å². The first-order valence-corrected chi connectivity index (χ1v) is 6.51. The average molecular weight is 309 g/mol. The summed E-state index contributed by atoms with van der Waals surface area (Å²) in [5.74, 6) is -0.917. The minimum Gasteiger partial charge on any atom is -0.435 e. The first kappa shape index (κ1) is 15.9. The molecular weight excluding hydrogens is 295 g/mol. The lowest BCUT2D eigenvalue weighted by atomic mass is 10.1. The molecule has 0 saturated carbocycles. The van der Waals surface area contributed by atoms with Crippen molar-refractivity contribution < 1.29 is 22.7 Å². The minimum absolute atomic E-state index is 0.0748. The van der Waals surface area contributed by atoms with Crippen molar-refractivity contribution in [3.8, 4) is 5.75 Å². The van der Waals surface area contributed by atoms with E-state index in [0.29, 0.717) is 5.56 Å². The van der Waals surface area contributed by atoms with E-state index in [9.17, 15) is 18.0 Å². The largest absolute Gasteiger partial charge is 0.435 e. The van der Waals surface area contributed by atoms with Crippen molar-refractivity contribution in [3.05, 3.63) is 65.5 Å². The molecule has 6 heteroatoms. The molecule has 2 aromatic carbocycles. The quantitative estimate of drug-likeness (QED) is 0.843. The third-order valence-corrected chi connectivity index (χ3v) is 3.02. The molecule has 0 bridgehead atoms. The van der Waals surface area contributed by atoms with Gasteiger partial charge >= 0.3 is 6.61 Å². The number of hydrogen-bond donors (Lipinski definition) is 0. The average Bonchev–Trinajstić information content (AvgIpc) is 2.48. The molecule has 0 aliphatic heterocycles. The summed E-state index contributed by atoms with van der Waals surface area (Å²) in [4.78, 5) is 13.6. The maximum absolute atomic E-state index is 13.6. The van der Waals surface area contributed by atoms with Gasteiger partial charge in [0.25, 0.3) is 5.91 Å².